The first kappa shape index (κ1) is 21.5. The van der Waals surface area contributed by atoms with Crippen LogP contribution in [0.4, 0.5) is 21.7 Å². The number of aromatic hydroxyl groups is 1. The molecule has 1 saturated heterocycles. The second-order valence-corrected chi connectivity index (χ2v) is 7.84. The number of hydrogen-bond acceptors (Lipinski definition) is 6. The van der Waals surface area contributed by atoms with E-state index in [1.165, 1.54) is 24.6 Å². The monoisotopic (exact) mass is 432 g/mol. The summed E-state index contributed by atoms with van der Waals surface area (Å²) in [5.41, 5.74) is 3.18. The van der Waals surface area contributed by atoms with Crippen LogP contribution < -0.4 is 10.2 Å². The van der Waals surface area contributed by atoms with Crippen molar-refractivity contribution in [3.63, 3.8) is 0 Å². The van der Waals surface area contributed by atoms with Crippen LogP contribution in [0.15, 0.2) is 61.3 Å². The first-order chi connectivity index (χ1) is 15.5. The SMILES string of the molecule is C=CC(=O)Cc1cc(F)cc(-c2ccnc(Nc3ccc(O)c(N4CCCCC4)c3)n2)c1. The van der Waals surface area contributed by atoms with Gasteiger partial charge in [0.25, 0.3) is 0 Å². The summed E-state index contributed by atoms with van der Waals surface area (Å²) < 4.78 is 14.1. The highest BCUT2D eigenvalue weighted by atomic mass is 19.1. The van der Waals surface area contributed by atoms with Gasteiger partial charge < -0.3 is 15.3 Å². The maximum Gasteiger partial charge on any atom is 0.227 e. The lowest BCUT2D eigenvalue weighted by molar-refractivity contribution is -0.114. The topological polar surface area (TPSA) is 78.3 Å². The molecule has 1 aliphatic heterocycles. The molecule has 0 saturated carbocycles. The third kappa shape index (κ3) is 5.11. The van der Waals surface area contributed by atoms with Crippen molar-refractivity contribution in [1.29, 1.82) is 0 Å². The number of aromatic nitrogens is 2. The average molecular weight is 432 g/mol. The van der Waals surface area contributed by atoms with Gasteiger partial charge in [0.1, 0.15) is 11.6 Å². The van der Waals surface area contributed by atoms with Crippen molar-refractivity contribution in [1.82, 2.24) is 9.97 Å². The number of phenols is 1. The molecule has 0 amide bonds. The Hall–Kier alpha value is -3.74. The zero-order chi connectivity index (χ0) is 22.5. The van der Waals surface area contributed by atoms with Crippen molar-refractivity contribution in [3.05, 3.63) is 72.7 Å². The van der Waals surface area contributed by atoms with E-state index in [-0.39, 0.29) is 18.0 Å². The second-order valence-electron chi connectivity index (χ2n) is 7.84. The van der Waals surface area contributed by atoms with Crippen LogP contribution in [0.1, 0.15) is 24.8 Å². The summed E-state index contributed by atoms with van der Waals surface area (Å²) >= 11 is 0. The minimum Gasteiger partial charge on any atom is -0.506 e. The Morgan fingerprint density at radius 1 is 1.16 bits per heavy atom. The van der Waals surface area contributed by atoms with E-state index in [2.05, 4.69) is 26.8 Å². The average Bonchev–Trinajstić information content (AvgIpc) is 2.80. The first-order valence-electron chi connectivity index (χ1n) is 10.6. The first-order valence-corrected chi connectivity index (χ1v) is 10.6. The number of hydrogen-bond donors (Lipinski definition) is 2. The number of nitrogens with zero attached hydrogens (tertiary/aromatic N) is 3. The highest BCUT2D eigenvalue weighted by molar-refractivity contribution is 5.91. The fraction of sp³-hybridized carbons (Fsp3) is 0.240. The van der Waals surface area contributed by atoms with E-state index in [0.717, 1.165) is 37.3 Å². The molecule has 2 N–H and O–H groups in total. The lowest BCUT2D eigenvalue weighted by atomic mass is 10.0. The molecule has 0 bridgehead atoms. The van der Waals surface area contributed by atoms with Gasteiger partial charge in [-0.15, -0.1) is 0 Å². The van der Waals surface area contributed by atoms with Crippen LogP contribution in [0.5, 0.6) is 5.75 Å². The summed E-state index contributed by atoms with van der Waals surface area (Å²) in [6.45, 7) is 5.29. The van der Waals surface area contributed by atoms with E-state index in [1.807, 2.05) is 6.07 Å². The number of carbonyl (C=O) groups excluding carboxylic acids is 1. The van der Waals surface area contributed by atoms with Gasteiger partial charge in [-0.05, 0) is 73.4 Å². The molecule has 1 aliphatic rings. The molecule has 2 aromatic carbocycles. The minimum atomic E-state index is -0.438. The number of anilines is 3. The quantitative estimate of drug-likeness (QED) is 0.403. The fourth-order valence-electron chi connectivity index (χ4n) is 3.87. The van der Waals surface area contributed by atoms with Crippen molar-refractivity contribution in [3.8, 4) is 17.0 Å². The molecule has 7 heteroatoms. The van der Waals surface area contributed by atoms with Crippen molar-refractivity contribution in [2.75, 3.05) is 23.3 Å². The Kier molecular flexibility index (Phi) is 6.44. The highest BCUT2D eigenvalue weighted by Crippen LogP contribution is 2.33. The number of halogens is 1. The minimum absolute atomic E-state index is 0.0806. The van der Waals surface area contributed by atoms with E-state index >= 15 is 0 Å². The van der Waals surface area contributed by atoms with Crippen LogP contribution in [0, 0.1) is 5.82 Å². The Morgan fingerprint density at radius 2 is 1.97 bits per heavy atom. The summed E-state index contributed by atoms with van der Waals surface area (Å²) in [6.07, 6.45) is 6.33. The van der Waals surface area contributed by atoms with Gasteiger partial charge in [0.2, 0.25) is 5.95 Å². The molecule has 3 aromatic rings. The standard InChI is InChI=1S/C25H25FN4O2/c1-2-21(31)14-17-12-18(15-19(26)13-17)22-8-9-27-25(29-22)28-20-6-7-24(32)23(16-20)30-10-4-3-5-11-30/h2,6-9,12-13,15-16,32H,1,3-5,10-11,14H2,(H,27,28,29). The molecule has 0 atom stereocenters. The van der Waals surface area contributed by atoms with Crippen molar-refractivity contribution >= 4 is 23.1 Å². The third-order valence-corrected chi connectivity index (χ3v) is 5.44. The molecule has 2 heterocycles. The Morgan fingerprint density at radius 3 is 2.75 bits per heavy atom. The largest absolute Gasteiger partial charge is 0.506 e. The second kappa shape index (κ2) is 9.60. The van der Waals surface area contributed by atoms with Gasteiger partial charge in [0.05, 0.1) is 11.4 Å². The highest BCUT2D eigenvalue weighted by Gasteiger charge is 2.15. The van der Waals surface area contributed by atoms with Crippen LogP contribution in [0.2, 0.25) is 0 Å². The van der Waals surface area contributed by atoms with E-state index in [4.69, 9.17) is 0 Å². The number of piperidine rings is 1. The number of phenolic OH excluding ortho intramolecular Hbond substituents is 1. The van der Waals surface area contributed by atoms with Gasteiger partial charge in [0, 0.05) is 37.0 Å². The number of nitrogens with one attached hydrogen (secondary N) is 1. The number of rotatable bonds is 7. The van der Waals surface area contributed by atoms with Crippen LogP contribution in [-0.2, 0) is 11.2 Å². The fourth-order valence-corrected chi connectivity index (χ4v) is 3.87. The lowest BCUT2D eigenvalue weighted by Gasteiger charge is -2.29. The molecule has 0 radical (unpaired) electrons. The van der Waals surface area contributed by atoms with Crippen molar-refractivity contribution in [2.24, 2.45) is 0 Å². The summed E-state index contributed by atoms with van der Waals surface area (Å²) in [5.74, 6) is -0.0186. The summed E-state index contributed by atoms with van der Waals surface area (Å²) in [5, 5.41) is 13.5. The molecular formula is C25H25FN4O2. The Bertz CT molecular complexity index is 1140. The van der Waals surface area contributed by atoms with E-state index in [9.17, 15) is 14.3 Å². The van der Waals surface area contributed by atoms with E-state index in [1.54, 1.807) is 30.5 Å². The number of allylic oxidation sites excluding steroid dienone is 1. The number of benzene rings is 2. The molecule has 164 valence electrons. The molecule has 0 spiro atoms. The van der Waals surface area contributed by atoms with Gasteiger partial charge >= 0.3 is 0 Å². The van der Waals surface area contributed by atoms with Gasteiger partial charge in [0.15, 0.2) is 5.78 Å². The maximum atomic E-state index is 14.1. The predicted molar refractivity (Wildman–Crippen MR) is 124 cm³/mol. The van der Waals surface area contributed by atoms with Crippen LogP contribution in [-0.4, -0.2) is 33.9 Å². The predicted octanol–water partition coefficient (Wildman–Crippen LogP) is 5.02. The van der Waals surface area contributed by atoms with Crippen LogP contribution in [0.25, 0.3) is 11.3 Å². The number of carbonyl (C=O) groups is 1. The van der Waals surface area contributed by atoms with E-state index in [0.29, 0.717) is 22.8 Å². The molecule has 6 nitrogen and oxygen atoms in total. The molecule has 1 aromatic heterocycles. The smallest absolute Gasteiger partial charge is 0.227 e. The molecule has 0 unspecified atom stereocenters. The third-order valence-electron chi connectivity index (χ3n) is 5.44. The zero-order valence-electron chi connectivity index (χ0n) is 17.7. The van der Waals surface area contributed by atoms with Crippen molar-refractivity contribution in [2.45, 2.75) is 25.7 Å². The molecular weight excluding hydrogens is 407 g/mol. The Balaban J connectivity index is 1.58. The molecule has 4 rings (SSSR count). The summed E-state index contributed by atoms with van der Waals surface area (Å²) in [6, 6.07) is 11.5. The maximum absolute atomic E-state index is 14.1. The van der Waals surface area contributed by atoms with Crippen LogP contribution >= 0.6 is 0 Å². The Labute approximate surface area is 186 Å². The van der Waals surface area contributed by atoms with Gasteiger partial charge in [-0.25, -0.2) is 14.4 Å². The zero-order valence-corrected chi connectivity index (χ0v) is 17.7. The van der Waals surface area contributed by atoms with Crippen LogP contribution in [0.3, 0.4) is 0 Å². The normalized spacial score (nSPS) is 13.6. The van der Waals surface area contributed by atoms with Gasteiger partial charge in [-0.1, -0.05) is 6.58 Å². The van der Waals surface area contributed by atoms with Gasteiger partial charge in [-0.2, -0.15) is 0 Å². The number of ketones is 1. The van der Waals surface area contributed by atoms with Gasteiger partial charge in [-0.3, -0.25) is 4.79 Å². The molecule has 1 fully saturated rings. The summed E-state index contributed by atoms with van der Waals surface area (Å²) in [4.78, 5) is 22.6. The lowest BCUT2D eigenvalue weighted by Crippen LogP contribution is -2.29. The molecule has 0 aliphatic carbocycles. The van der Waals surface area contributed by atoms with E-state index < -0.39 is 5.82 Å². The van der Waals surface area contributed by atoms with Crippen molar-refractivity contribution < 1.29 is 14.3 Å². The summed E-state index contributed by atoms with van der Waals surface area (Å²) in [7, 11) is 0. The molecule has 32 heavy (non-hydrogen) atoms.